The number of ether oxygens (including phenoxy) is 1. The molecule has 0 spiro atoms. The molecule has 0 bridgehead atoms. The van der Waals surface area contributed by atoms with E-state index in [1.807, 2.05) is 38.1 Å². The molecule has 1 aromatic carbocycles. The molecule has 134 valence electrons. The maximum atomic E-state index is 12.0. The molecule has 1 heterocycles. The van der Waals surface area contributed by atoms with Gasteiger partial charge in [0.2, 0.25) is 5.91 Å². The first-order chi connectivity index (χ1) is 11.1. The first-order valence-electron chi connectivity index (χ1n) is 8.10. The summed E-state index contributed by atoms with van der Waals surface area (Å²) in [6.45, 7) is 6.16. The van der Waals surface area contributed by atoms with Crippen LogP contribution in [0, 0.1) is 5.92 Å². The lowest BCUT2D eigenvalue weighted by atomic mass is 10.1. The predicted octanol–water partition coefficient (Wildman–Crippen LogP) is 1.70. The maximum absolute atomic E-state index is 12.0. The Balaban J connectivity index is 0.00000288. The molecule has 0 aliphatic carbocycles. The fourth-order valence-electron chi connectivity index (χ4n) is 2.25. The number of halogens is 1. The molecule has 0 radical (unpaired) electrons. The maximum Gasteiger partial charge on any atom is 0.250 e. The molecular formula is C17H26ClN3O3. The van der Waals surface area contributed by atoms with Crippen molar-refractivity contribution in [3.63, 3.8) is 0 Å². The van der Waals surface area contributed by atoms with Crippen LogP contribution in [0.3, 0.4) is 0 Å². The van der Waals surface area contributed by atoms with Crippen LogP contribution >= 0.6 is 12.4 Å². The van der Waals surface area contributed by atoms with Crippen molar-refractivity contribution in [3.8, 4) is 0 Å². The Labute approximate surface area is 149 Å². The summed E-state index contributed by atoms with van der Waals surface area (Å²) in [7, 11) is 0. The van der Waals surface area contributed by atoms with E-state index in [9.17, 15) is 9.59 Å². The topological polar surface area (TPSA) is 79.5 Å². The monoisotopic (exact) mass is 355 g/mol. The molecular weight excluding hydrogens is 330 g/mol. The second-order valence-corrected chi connectivity index (χ2v) is 5.78. The van der Waals surface area contributed by atoms with Gasteiger partial charge in [0.15, 0.2) is 0 Å². The van der Waals surface area contributed by atoms with E-state index in [4.69, 9.17) is 4.74 Å². The first-order valence-corrected chi connectivity index (χ1v) is 8.10. The minimum atomic E-state index is -0.433. The van der Waals surface area contributed by atoms with Crippen LogP contribution in [0.25, 0.3) is 0 Å². The zero-order valence-electron chi connectivity index (χ0n) is 14.1. The van der Waals surface area contributed by atoms with Crippen LogP contribution in [0.2, 0.25) is 0 Å². The summed E-state index contributed by atoms with van der Waals surface area (Å²) in [5, 5.41) is 8.89. The Bertz CT molecular complexity index is 548. The Kier molecular flexibility index (Phi) is 8.74. The fraction of sp³-hybridized carbons (Fsp3) is 0.529. The van der Waals surface area contributed by atoms with E-state index in [0.29, 0.717) is 19.7 Å². The van der Waals surface area contributed by atoms with Gasteiger partial charge in [-0.15, -0.1) is 12.4 Å². The number of rotatable bonds is 6. The molecule has 7 heteroatoms. The van der Waals surface area contributed by atoms with Gasteiger partial charge in [0.05, 0.1) is 6.61 Å². The van der Waals surface area contributed by atoms with Gasteiger partial charge in [-0.25, -0.2) is 0 Å². The summed E-state index contributed by atoms with van der Waals surface area (Å²) >= 11 is 0. The first kappa shape index (κ1) is 20.4. The highest BCUT2D eigenvalue weighted by molar-refractivity contribution is 5.92. The number of hydrogen-bond donors (Lipinski definition) is 3. The van der Waals surface area contributed by atoms with Gasteiger partial charge < -0.3 is 20.7 Å². The molecule has 1 aliphatic heterocycles. The van der Waals surface area contributed by atoms with Gasteiger partial charge in [-0.05, 0) is 24.1 Å². The number of amides is 2. The minimum absolute atomic E-state index is 0. The van der Waals surface area contributed by atoms with E-state index in [1.54, 1.807) is 0 Å². The number of carbonyl (C=O) groups excluding carboxylic acids is 2. The normalized spacial score (nSPS) is 18.2. The van der Waals surface area contributed by atoms with Crippen LogP contribution in [-0.4, -0.2) is 37.6 Å². The highest BCUT2D eigenvalue weighted by atomic mass is 35.5. The van der Waals surface area contributed by atoms with Gasteiger partial charge in [0.25, 0.3) is 5.91 Å². The zero-order chi connectivity index (χ0) is 16.7. The molecule has 3 N–H and O–H groups in total. The highest BCUT2D eigenvalue weighted by Crippen LogP contribution is 2.13. The van der Waals surface area contributed by atoms with Crippen molar-refractivity contribution in [1.82, 2.24) is 10.6 Å². The quantitative estimate of drug-likeness (QED) is 0.725. The van der Waals surface area contributed by atoms with Crippen LogP contribution < -0.4 is 16.0 Å². The molecule has 1 aromatic rings. The largest absolute Gasteiger partial charge is 0.366 e. The van der Waals surface area contributed by atoms with Crippen molar-refractivity contribution in [2.75, 3.05) is 25.0 Å². The molecule has 1 aliphatic rings. The van der Waals surface area contributed by atoms with Gasteiger partial charge in [0, 0.05) is 31.2 Å². The van der Waals surface area contributed by atoms with Gasteiger partial charge in [0.1, 0.15) is 6.10 Å². The van der Waals surface area contributed by atoms with Crippen molar-refractivity contribution in [2.24, 2.45) is 5.92 Å². The third-order valence-electron chi connectivity index (χ3n) is 3.94. The van der Waals surface area contributed by atoms with Crippen molar-refractivity contribution < 1.29 is 14.3 Å². The van der Waals surface area contributed by atoms with E-state index in [-0.39, 0.29) is 30.1 Å². The lowest BCUT2D eigenvalue weighted by Crippen LogP contribution is -2.47. The number of anilines is 1. The van der Waals surface area contributed by atoms with Crippen molar-refractivity contribution in [3.05, 3.63) is 29.8 Å². The standard InChI is InChI=1S/C17H25N3O3.ClH/c1-3-12(2)16(21)20-14-6-4-5-13(9-14)10-19-17(22)15-11-18-7-8-23-15;/h4-6,9,12,15,18H,3,7-8,10-11H2,1-2H3,(H,19,22)(H,20,21);1H. The van der Waals surface area contributed by atoms with E-state index in [1.165, 1.54) is 0 Å². The molecule has 0 saturated carbocycles. The molecule has 2 unspecified atom stereocenters. The van der Waals surface area contributed by atoms with Crippen LogP contribution in [-0.2, 0) is 20.9 Å². The number of benzene rings is 1. The van der Waals surface area contributed by atoms with E-state index < -0.39 is 6.10 Å². The minimum Gasteiger partial charge on any atom is -0.366 e. The van der Waals surface area contributed by atoms with Crippen LogP contribution in [0.4, 0.5) is 5.69 Å². The molecule has 0 aromatic heterocycles. The van der Waals surface area contributed by atoms with Crippen LogP contribution in [0.5, 0.6) is 0 Å². The smallest absolute Gasteiger partial charge is 0.250 e. The summed E-state index contributed by atoms with van der Waals surface area (Å²) in [4.78, 5) is 23.9. The second kappa shape index (κ2) is 10.3. The van der Waals surface area contributed by atoms with Crippen LogP contribution in [0.15, 0.2) is 24.3 Å². The molecule has 1 saturated heterocycles. The Morgan fingerprint density at radius 2 is 2.21 bits per heavy atom. The third kappa shape index (κ3) is 6.11. The number of nitrogens with one attached hydrogen (secondary N) is 3. The summed E-state index contributed by atoms with van der Waals surface area (Å²) < 4.78 is 5.41. The molecule has 1 fully saturated rings. The third-order valence-corrected chi connectivity index (χ3v) is 3.94. The highest BCUT2D eigenvalue weighted by Gasteiger charge is 2.21. The van der Waals surface area contributed by atoms with Gasteiger partial charge in [-0.2, -0.15) is 0 Å². The summed E-state index contributed by atoms with van der Waals surface area (Å²) in [6, 6.07) is 7.51. The van der Waals surface area contributed by atoms with Crippen molar-refractivity contribution >= 4 is 29.9 Å². The summed E-state index contributed by atoms with van der Waals surface area (Å²) in [5.74, 6) is -0.129. The van der Waals surface area contributed by atoms with Crippen LogP contribution in [0.1, 0.15) is 25.8 Å². The second-order valence-electron chi connectivity index (χ2n) is 5.78. The average molecular weight is 356 g/mol. The van der Waals surface area contributed by atoms with Gasteiger partial charge in [-0.1, -0.05) is 26.0 Å². The SMILES string of the molecule is CCC(C)C(=O)Nc1cccc(CNC(=O)C2CNCCO2)c1.Cl. The average Bonchev–Trinajstić information content (AvgIpc) is 2.60. The van der Waals surface area contributed by atoms with E-state index >= 15 is 0 Å². The fourth-order valence-corrected chi connectivity index (χ4v) is 2.25. The lowest BCUT2D eigenvalue weighted by Gasteiger charge is -2.22. The number of hydrogen-bond acceptors (Lipinski definition) is 4. The molecule has 2 atom stereocenters. The predicted molar refractivity (Wildman–Crippen MR) is 96.2 cm³/mol. The Morgan fingerprint density at radius 3 is 2.88 bits per heavy atom. The van der Waals surface area contributed by atoms with Crippen molar-refractivity contribution in [2.45, 2.75) is 32.9 Å². The zero-order valence-corrected chi connectivity index (χ0v) is 14.9. The number of morpholine rings is 1. The lowest BCUT2D eigenvalue weighted by molar-refractivity contribution is -0.134. The van der Waals surface area contributed by atoms with Gasteiger partial charge >= 0.3 is 0 Å². The van der Waals surface area contributed by atoms with E-state index in [2.05, 4.69) is 16.0 Å². The van der Waals surface area contributed by atoms with Crippen molar-refractivity contribution in [1.29, 1.82) is 0 Å². The van der Waals surface area contributed by atoms with E-state index in [0.717, 1.165) is 24.2 Å². The summed E-state index contributed by atoms with van der Waals surface area (Å²) in [6.07, 6.45) is 0.369. The molecule has 2 rings (SSSR count). The Hall–Kier alpha value is -1.63. The molecule has 2 amide bonds. The summed E-state index contributed by atoms with van der Waals surface area (Å²) in [5.41, 5.74) is 1.68. The molecule has 6 nitrogen and oxygen atoms in total. The molecule has 24 heavy (non-hydrogen) atoms. The van der Waals surface area contributed by atoms with Gasteiger partial charge in [-0.3, -0.25) is 9.59 Å². The Morgan fingerprint density at radius 1 is 1.42 bits per heavy atom. The number of carbonyl (C=O) groups is 2.